The van der Waals surface area contributed by atoms with Gasteiger partial charge in [0.1, 0.15) is 0 Å². The largest absolute Gasteiger partial charge is 0.322 e. The molecule has 0 atom stereocenters. The first-order valence-corrected chi connectivity index (χ1v) is 9.35. The Morgan fingerprint density at radius 2 is 1.64 bits per heavy atom. The van der Waals surface area contributed by atoms with Crippen LogP contribution in [0.15, 0.2) is 48.5 Å². The fourth-order valence-corrected chi connectivity index (χ4v) is 3.26. The number of carbonyl (C=O) groups excluding carboxylic acids is 3. The first kappa shape index (κ1) is 19.6. The van der Waals surface area contributed by atoms with E-state index in [0.29, 0.717) is 29.9 Å². The van der Waals surface area contributed by atoms with Crippen molar-refractivity contribution in [3.05, 3.63) is 65.2 Å². The lowest BCUT2D eigenvalue weighted by atomic mass is 10.1. The van der Waals surface area contributed by atoms with E-state index in [1.165, 1.54) is 4.90 Å². The third-order valence-electron chi connectivity index (χ3n) is 4.69. The molecular weight excluding hydrogens is 354 g/mol. The van der Waals surface area contributed by atoms with Crippen molar-refractivity contribution in [2.45, 2.75) is 39.8 Å². The number of benzene rings is 2. The van der Waals surface area contributed by atoms with Crippen molar-refractivity contribution < 1.29 is 14.4 Å². The Bertz CT molecular complexity index is 916. The van der Waals surface area contributed by atoms with Crippen molar-refractivity contribution >= 4 is 23.5 Å². The van der Waals surface area contributed by atoms with Crippen LogP contribution < -0.4 is 5.32 Å². The average Bonchev–Trinajstić information content (AvgIpc) is 2.90. The van der Waals surface area contributed by atoms with Crippen molar-refractivity contribution in [1.82, 2.24) is 9.80 Å². The summed E-state index contributed by atoms with van der Waals surface area (Å²) < 4.78 is 0. The predicted molar refractivity (Wildman–Crippen MR) is 108 cm³/mol. The van der Waals surface area contributed by atoms with Gasteiger partial charge < -0.3 is 10.2 Å². The third-order valence-corrected chi connectivity index (χ3v) is 4.69. The summed E-state index contributed by atoms with van der Waals surface area (Å²) in [7, 11) is 0. The van der Waals surface area contributed by atoms with Crippen molar-refractivity contribution in [3.63, 3.8) is 0 Å². The maximum Gasteiger partial charge on any atom is 0.322 e. The topological polar surface area (TPSA) is 69.7 Å². The van der Waals surface area contributed by atoms with Crippen LogP contribution in [0, 0.1) is 0 Å². The molecule has 0 saturated heterocycles. The normalized spacial score (nSPS) is 13.5. The van der Waals surface area contributed by atoms with Crippen LogP contribution in [0.25, 0.3) is 0 Å². The monoisotopic (exact) mass is 379 g/mol. The molecule has 0 bridgehead atoms. The molecule has 0 unspecified atom stereocenters. The summed E-state index contributed by atoms with van der Waals surface area (Å²) in [6, 6.07) is 14.3. The molecule has 0 aliphatic carbocycles. The van der Waals surface area contributed by atoms with Crippen molar-refractivity contribution in [3.8, 4) is 0 Å². The Labute approximate surface area is 165 Å². The van der Waals surface area contributed by atoms with Crippen LogP contribution in [0.5, 0.6) is 0 Å². The van der Waals surface area contributed by atoms with Crippen LogP contribution in [0.4, 0.5) is 10.5 Å². The second-order valence-corrected chi connectivity index (χ2v) is 7.81. The second kappa shape index (κ2) is 7.46. The Morgan fingerprint density at radius 3 is 2.25 bits per heavy atom. The number of rotatable bonds is 4. The summed E-state index contributed by atoms with van der Waals surface area (Å²) in [5.41, 5.74) is 1.62. The molecule has 1 aliphatic rings. The lowest BCUT2D eigenvalue weighted by molar-refractivity contribution is 0.0507. The van der Waals surface area contributed by atoms with Gasteiger partial charge in [-0.25, -0.2) is 4.79 Å². The molecule has 0 fully saturated rings. The number of nitrogens with zero attached hydrogens (tertiary/aromatic N) is 2. The molecule has 0 aromatic heterocycles. The highest BCUT2D eigenvalue weighted by molar-refractivity contribution is 6.22. The molecule has 3 rings (SSSR count). The number of hydrogen-bond acceptors (Lipinski definition) is 3. The van der Waals surface area contributed by atoms with Crippen LogP contribution in [-0.4, -0.2) is 39.7 Å². The highest BCUT2D eigenvalue weighted by atomic mass is 16.2. The van der Waals surface area contributed by atoms with Crippen LogP contribution in [0.1, 0.15) is 54.0 Å². The summed E-state index contributed by atoms with van der Waals surface area (Å²) in [6.07, 6.45) is 0. The number of imide groups is 1. The van der Waals surface area contributed by atoms with E-state index in [9.17, 15) is 14.4 Å². The van der Waals surface area contributed by atoms with Gasteiger partial charge in [0, 0.05) is 24.3 Å². The first-order valence-electron chi connectivity index (χ1n) is 9.35. The highest BCUT2D eigenvalue weighted by Gasteiger charge is 2.41. The Kier molecular flexibility index (Phi) is 5.23. The number of carbonyl (C=O) groups is 3. The van der Waals surface area contributed by atoms with Crippen LogP contribution in [0.3, 0.4) is 0 Å². The molecule has 1 aliphatic heterocycles. The fraction of sp³-hybridized carbons (Fsp3) is 0.318. The summed E-state index contributed by atoms with van der Waals surface area (Å²) in [4.78, 5) is 40.9. The van der Waals surface area contributed by atoms with Crippen LogP contribution in [0.2, 0.25) is 0 Å². The van der Waals surface area contributed by atoms with Gasteiger partial charge in [0.15, 0.2) is 0 Å². The van der Waals surface area contributed by atoms with E-state index in [-0.39, 0.29) is 17.8 Å². The quantitative estimate of drug-likeness (QED) is 0.812. The van der Waals surface area contributed by atoms with Crippen LogP contribution in [-0.2, 0) is 6.54 Å². The number of hydrogen-bond donors (Lipinski definition) is 1. The molecule has 1 N–H and O–H groups in total. The van der Waals surface area contributed by atoms with E-state index in [1.807, 2.05) is 58.0 Å². The van der Waals surface area contributed by atoms with E-state index >= 15 is 0 Å². The van der Waals surface area contributed by atoms with E-state index < -0.39 is 5.54 Å². The summed E-state index contributed by atoms with van der Waals surface area (Å²) >= 11 is 0. The molecule has 146 valence electrons. The zero-order valence-corrected chi connectivity index (χ0v) is 16.7. The molecule has 1 heterocycles. The molecule has 28 heavy (non-hydrogen) atoms. The lowest BCUT2D eigenvalue weighted by Gasteiger charge is -2.29. The molecule has 0 radical (unpaired) electrons. The summed E-state index contributed by atoms with van der Waals surface area (Å²) in [6.45, 7) is 8.40. The Hall–Kier alpha value is -3.15. The molecule has 6 nitrogen and oxygen atoms in total. The zero-order valence-electron chi connectivity index (χ0n) is 16.7. The molecule has 2 aromatic carbocycles. The maximum atomic E-state index is 12.7. The molecule has 0 spiro atoms. The Morgan fingerprint density at radius 1 is 1.00 bits per heavy atom. The van der Waals surface area contributed by atoms with Gasteiger partial charge in [0.25, 0.3) is 11.8 Å². The number of nitrogens with one attached hydrogen (secondary N) is 1. The van der Waals surface area contributed by atoms with Gasteiger partial charge in [-0.15, -0.1) is 0 Å². The molecular formula is C22H25N3O3. The predicted octanol–water partition coefficient (Wildman–Crippen LogP) is 4.14. The van der Waals surface area contributed by atoms with E-state index in [0.717, 1.165) is 5.56 Å². The number of fused-ring (bicyclic) bond motifs is 1. The van der Waals surface area contributed by atoms with Gasteiger partial charge >= 0.3 is 6.03 Å². The lowest BCUT2D eigenvalue weighted by Crippen LogP contribution is -2.45. The van der Waals surface area contributed by atoms with Gasteiger partial charge in [-0.05, 0) is 51.5 Å². The maximum absolute atomic E-state index is 12.7. The number of amides is 4. The first-order chi connectivity index (χ1) is 13.2. The third kappa shape index (κ3) is 3.76. The molecule has 6 heteroatoms. The van der Waals surface area contributed by atoms with Crippen molar-refractivity contribution in [2.75, 3.05) is 11.9 Å². The average molecular weight is 379 g/mol. The van der Waals surface area contributed by atoms with E-state index in [2.05, 4.69) is 5.32 Å². The number of anilines is 1. The van der Waals surface area contributed by atoms with Gasteiger partial charge in [-0.1, -0.05) is 30.3 Å². The minimum absolute atomic E-state index is 0.254. The SMILES string of the molecule is CCN(Cc1ccccc1)C(=O)Nc1ccc2c(c1)C(=O)N(C(C)(C)C)C2=O. The Balaban J connectivity index is 1.78. The minimum Gasteiger partial charge on any atom is -0.320 e. The van der Waals surface area contributed by atoms with Gasteiger partial charge in [0.2, 0.25) is 0 Å². The number of urea groups is 1. The van der Waals surface area contributed by atoms with Crippen LogP contribution >= 0.6 is 0 Å². The smallest absolute Gasteiger partial charge is 0.320 e. The molecule has 4 amide bonds. The van der Waals surface area contributed by atoms with Crippen molar-refractivity contribution in [2.24, 2.45) is 0 Å². The molecule has 2 aromatic rings. The van der Waals surface area contributed by atoms with Gasteiger partial charge in [0.05, 0.1) is 11.1 Å². The van der Waals surface area contributed by atoms with E-state index in [1.54, 1.807) is 23.1 Å². The minimum atomic E-state index is -0.606. The standard InChI is InChI=1S/C22H25N3O3/c1-5-24(14-15-9-7-6-8-10-15)21(28)23-16-11-12-17-18(13-16)20(27)25(19(17)26)22(2,3)4/h6-13H,5,14H2,1-4H3,(H,23,28). The molecule has 0 saturated carbocycles. The highest BCUT2D eigenvalue weighted by Crippen LogP contribution is 2.31. The van der Waals surface area contributed by atoms with E-state index in [4.69, 9.17) is 0 Å². The van der Waals surface area contributed by atoms with Gasteiger partial charge in [-0.2, -0.15) is 0 Å². The fourth-order valence-electron chi connectivity index (χ4n) is 3.26. The summed E-state index contributed by atoms with van der Waals surface area (Å²) in [5.74, 6) is -0.634. The van der Waals surface area contributed by atoms with Gasteiger partial charge in [-0.3, -0.25) is 14.5 Å². The zero-order chi connectivity index (χ0) is 20.5. The summed E-state index contributed by atoms with van der Waals surface area (Å²) in [5, 5.41) is 2.84. The van der Waals surface area contributed by atoms with Crippen molar-refractivity contribution in [1.29, 1.82) is 0 Å². The second-order valence-electron chi connectivity index (χ2n) is 7.81.